The third-order valence-corrected chi connectivity index (χ3v) is 5.81. The van der Waals surface area contributed by atoms with Crippen molar-refractivity contribution in [3.05, 3.63) is 55.1 Å². The molecule has 0 bridgehead atoms. The fraction of sp³-hybridized carbons (Fsp3) is 0.583. The zero-order valence-corrected chi connectivity index (χ0v) is 17.6. The van der Waals surface area contributed by atoms with Gasteiger partial charge >= 0.3 is 0 Å². The molecule has 0 N–H and O–H groups in total. The van der Waals surface area contributed by atoms with Gasteiger partial charge in [0.1, 0.15) is 5.75 Å². The lowest BCUT2D eigenvalue weighted by molar-refractivity contribution is -0.281. The highest BCUT2D eigenvalue weighted by atomic mass is 16.7. The smallest absolute Gasteiger partial charge is 0.162 e. The Hall–Kier alpha value is -1.58. The van der Waals surface area contributed by atoms with Gasteiger partial charge in [0, 0.05) is 18.3 Å². The summed E-state index contributed by atoms with van der Waals surface area (Å²) in [6.07, 6.45) is 5.86. The fourth-order valence-electron chi connectivity index (χ4n) is 4.07. The maximum atomic E-state index is 6.47. The van der Waals surface area contributed by atoms with Crippen molar-refractivity contribution < 1.29 is 14.2 Å². The van der Waals surface area contributed by atoms with Gasteiger partial charge in [-0.05, 0) is 36.0 Å². The van der Waals surface area contributed by atoms with Crippen LogP contribution in [0.2, 0.25) is 0 Å². The third kappa shape index (κ3) is 5.70. The van der Waals surface area contributed by atoms with E-state index in [2.05, 4.69) is 53.0 Å². The zero-order chi connectivity index (χ0) is 20.0. The fourth-order valence-corrected chi connectivity index (χ4v) is 4.07. The zero-order valence-electron chi connectivity index (χ0n) is 17.6. The minimum Gasteiger partial charge on any atom is -0.497 e. The average molecular weight is 373 g/mol. The van der Waals surface area contributed by atoms with Crippen molar-refractivity contribution >= 4 is 0 Å². The Balaban J connectivity index is 2.15. The molecule has 3 nitrogen and oxygen atoms in total. The molecule has 3 heteroatoms. The van der Waals surface area contributed by atoms with E-state index in [9.17, 15) is 0 Å². The minimum atomic E-state index is -0.242. The van der Waals surface area contributed by atoms with Gasteiger partial charge < -0.3 is 14.2 Å². The molecule has 0 unspecified atom stereocenters. The Morgan fingerprint density at radius 1 is 1.04 bits per heavy atom. The molecule has 0 amide bonds. The summed E-state index contributed by atoms with van der Waals surface area (Å²) < 4.78 is 18.1. The van der Waals surface area contributed by atoms with Crippen molar-refractivity contribution in [3.8, 4) is 5.75 Å². The molecule has 1 aromatic rings. The van der Waals surface area contributed by atoms with E-state index in [0.29, 0.717) is 17.8 Å². The summed E-state index contributed by atoms with van der Waals surface area (Å²) in [5.41, 5.74) is 1.19. The van der Waals surface area contributed by atoms with E-state index in [4.69, 9.17) is 14.2 Å². The van der Waals surface area contributed by atoms with Crippen molar-refractivity contribution in [3.63, 3.8) is 0 Å². The average Bonchev–Trinajstić information content (AvgIpc) is 2.68. The lowest BCUT2D eigenvalue weighted by atomic mass is 9.80. The molecule has 27 heavy (non-hydrogen) atoms. The van der Waals surface area contributed by atoms with Crippen LogP contribution in [0.15, 0.2) is 49.6 Å². The number of ether oxygens (including phenoxy) is 3. The molecular weight excluding hydrogens is 336 g/mol. The second-order valence-electron chi connectivity index (χ2n) is 8.06. The van der Waals surface area contributed by atoms with E-state index in [0.717, 1.165) is 18.6 Å². The molecule has 2 rings (SSSR count). The van der Waals surface area contributed by atoms with E-state index in [-0.39, 0.29) is 24.4 Å². The number of rotatable bonds is 9. The Morgan fingerprint density at radius 2 is 1.67 bits per heavy atom. The van der Waals surface area contributed by atoms with Crippen LogP contribution in [0, 0.1) is 23.7 Å². The van der Waals surface area contributed by atoms with Gasteiger partial charge in [-0.1, -0.05) is 52.0 Å². The first-order chi connectivity index (χ1) is 12.9. The van der Waals surface area contributed by atoms with Crippen LogP contribution in [-0.4, -0.2) is 25.6 Å². The first kappa shape index (κ1) is 21.7. The molecule has 1 aromatic carbocycles. The first-order valence-electron chi connectivity index (χ1n) is 10.1. The van der Waals surface area contributed by atoms with Crippen LogP contribution in [0.25, 0.3) is 0 Å². The highest BCUT2D eigenvalue weighted by Crippen LogP contribution is 2.36. The van der Waals surface area contributed by atoms with Gasteiger partial charge in [0.25, 0.3) is 0 Å². The number of hydrogen-bond donors (Lipinski definition) is 0. The first-order valence-corrected chi connectivity index (χ1v) is 10.1. The van der Waals surface area contributed by atoms with Crippen molar-refractivity contribution in [1.82, 2.24) is 0 Å². The van der Waals surface area contributed by atoms with Crippen molar-refractivity contribution in [2.45, 2.75) is 59.0 Å². The van der Waals surface area contributed by atoms with Crippen LogP contribution in [0.1, 0.15) is 39.7 Å². The standard InChI is InChI=1S/C24H36O3/c1-8-16(3)14-18(5)24-19(6)23(17(4)9-2)26-22(27-24)15-20-10-12-21(25-7)13-11-20/h8-13,16-19,22-24H,1-2,14-15H2,3-7H3/t16-,17-,18+,19+,22-,23-,24+/m0/s1. The van der Waals surface area contributed by atoms with E-state index in [1.807, 2.05) is 24.3 Å². The van der Waals surface area contributed by atoms with Gasteiger partial charge in [0.15, 0.2) is 6.29 Å². The monoisotopic (exact) mass is 372 g/mol. The summed E-state index contributed by atoms with van der Waals surface area (Å²) in [4.78, 5) is 0. The van der Waals surface area contributed by atoms with Gasteiger partial charge in [-0.2, -0.15) is 0 Å². The Bertz CT molecular complexity index is 594. The maximum absolute atomic E-state index is 6.47. The van der Waals surface area contributed by atoms with E-state index < -0.39 is 0 Å². The SMILES string of the molecule is C=C[C@H](C)C[C@@H](C)[C@H]1O[C@@H](Cc2ccc(OC)cc2)O[C@@H]([C@@H](C)C=C)[C@H]1C. The molecule has 1 aliphatic rings. The Morgan fingerprint density at radius 3 is 2.22 bits per heavy atom. The van der Waals surface area contributed by atoms with Crippen LogP contribution in [0.5, 0.6) is 5.75 Å². The highest BCUT2D eigenvalue weighted by Gasteiger charge is 2.41. The molecule has 0 radical (unpaired) electrons. The Labute approximate surface area is 165 Å². The van der Waals surface area contributed by atoms with Crippen LogP contribution < -0.4 is 4.74 Å². The molecule has 1 saturated heterocycles. The van der Waals surface area contributed by atoms with E-state index >= 15 is 0 Å². The second-order valence-corrected chi connectivity index (χ2v) is 8.06. The van der Waals surface area contributed by atoms with Crippen LogP contribution in [0.4, 0.5) is 0 Å². The van der Waals surface area contributed by atoms with Crippen LogP contribution >= 0.6 is 0 Å². The maximum Gasteiger partial charge on any atom is 0.162 e. The summed E-state index contributed by atoms with van der Waals surface area (Å²) >= 11 is 0. The molecule has 150 valence electrons. The predicted molar refractivity (Wildman–Crippen MR) is 112 cm³/mol. The van der Waals surface area contributed by atoms with Crippen molar-refractivity contribution in [1.29, 1.82) is 0 Å². The largest absolute Gasteiger partial charge is 0.497 e. The molecule has 1 fully saturated rings. The normalized spacial score (nSPS) is 28.8. The molecule has 0 spiro atoms. The van der Waals surface area contributed by atoms with Crippen molar-refractivity contribution in [2.75, 3.05) is 7.11 Å². The van der Waals surface area contributed by atoms with Crippen LogP contribution in [-0.2, 0) is 15.9 Å². The van der Waals surface area contributed by atoms with E-state index in [1.54, 1.807) is 7.11 Å². The molecule has 1 aliphatic heterocycles. The van der Waals surface area contributed by atoms with Gasteiger partial charge in [-0.25, -0.2) is 0 Å². The predicted octanol–water partition coefficient (Wildman–Crippen LogP) is 5.65. The molecule has 7 atom stereocenters. The summed E-state index contributed by atoms with van der Waals surface area (Å²) in [5.74, 6) is 2.38. The molecule has 0 aliphatic carbocycles. The molecule has 1 heterocycles. The van der Waals surface area contributed by atoms with Crippen molar-refractivity contribution in [2.24, 2.45) is 23.7 Å². The lowest BCUT2D eigenvalue weighted by Gasteiger charge is -2.45. The molecule has 0 aromatic heterocycles. The minimum absolute atomic E-state index is 0.117. The Kier molecular flexibility index (Phi) is 8.12. The summed E-state index contributed by atoms with van der Waals surface area (Å²) in [6.45, 7) is 16.8. The summed E-state index contributed by atoms with van der Waals surface area (Å²) in [6, 6.07) is 8.12. The molecular formula is C24H36O3. The van der Waals surface area contributed by atoms with Gasteiger partial charge in [0.05, 0.1) is 19.3 Å². The van der Waals surface area contributed by atoms with Gasteiger partial charge in [0.2, 0.25) is 0 Å². The summed E-state index contributed by atoms with van der Waals surface area (Å²) in [7, 11) is 1.68. The topological polar surface area (TPSA) is 27.7 Å². The lowest BCUT2D eigenvalue weighted by Crippen LogP contribution is -2.50. The second kappa shape index (κ2) is 10.1. The van der Waals surface area contributed by atoms with E-state index in [1.165, 1.54) is 5.56 Å². The number of allylic oxidation sites excluding steroid dienone is 1. The van der Waals surface area contributed by atoms with Crippen LogP contribution in [0.3, 0.4) is 0 Å². The summed E-state index contributed by atoms with van der Waals surface area (Å²) in [5, 5.41) is 0. The third-order valence-electron chi connectivity index (χ3n) is 5.81. The van der Waals surface area contributed by atoms with Gasteiger partial charge in [-0.15, -0.1) is 13.2 Å². The highest BCUT2D eigenvalue weighted by molar-refractivity contribution is 5.27. The van der Waals surface area contributed by atoms with Gasteiger partial charge in [-0.3, -0.25) is 0 Å². The quantitative estimate of drug-likeness (QED) is 0.524. The number of methoxy groups -OCH3 is 1. The number of benzene rings is 1. The number of hydrogen-bond acceptors (Lipinski definition) is 3. The molecule has 0 saturated carbocycles.